The summed E-state index contributed by atoms with van der Waals surface area (Å²) in [6.45, 7) is 0. The fraction of sp³-hybridized carbons (Fsp3) is 0.615. The monoisotopic (exact) mass is 286 g/mol. The maximum Gasteiger partial charge on any atom is 0.168 e. The van der Waals surface area contributed by atoms with Gasteiger partial charge in [-0.05, 0) is 49.0 Å². The van der Waals surface area contributed by atoms with Gasteiger partial charge in [-0.15, -0.1) is 11.3 Å². The first-order valence-corrected chi connectivity index (χ1v) is 7.73. The molecular formula is C13H12Cl2OS. The minimum Gasteiger partial charge on any atom is -0.294 e. The van der Waals surface area contributed by atoms with Crippen LogP contribution in [0.1, 0.15) is 29.6 Å². The van der Waals surface area contributed by atoms with Crippen molar-refractivity contribution >= 4 is 40.3 Å². The fourth-order valence-corrected chi connectivity index (χ4v) is 5.84. The van der Waals surface area contributed by atoms with E-state index < -0.39 is 0 Å². The van der Waals surface area contributed by atoms with Crippen molar-refractivity contribution in [3.05, 3.63) is 20.3 Å². The van der Waals surface area contributed by atoms with Gasteiger partial charge in [0.15, 0.2) is 5.78 Å². The van der Waals surface area contributed by atoms with Crippen molar-refractivity contribution < 1.29 is 4.79 Å². The molecule has 0 aromatic carbocycles. The molecule has 17 heavy (non-hydrogen) atoms. The Morgan fingerprint density at radius 1 is 1.24 bits per heavy atom. The minimum atomic E-state index is 0.254. The van der Waals surface area contributed by atoms with Gasteiger partial charge in [0.25, 0.3) is 0 Å². The number of hydrogen-bond donors (Lipinski definition) is 0. The molecule has 1 aromatic heterocycles. The van der Waals surface area contributed by atoms with Gasteiger partial charge >= 0.3 is 0 Å². The molecule has 0 aliphatic heterocycles. The van der Waals surface area contributed by atoms with Crippen LogP contribution in [-0.2, 0) is 0 Å². The number of rotatable bonds is 2. The largest absolute Gasteiger partial charge is 0.294 e. The van der Waals surface area contributed by atoms with Crippen LogP contribution >= 0.6 is 34.5 Å². The molecule has 3 aliphatic rings. The number of ketones is 1. The molecule has 0 spiro atoms. The van der Waals surface area contributed by atoms with Crippen molar-refractivity contribution in [2.75, 3.05) is 0 Å². The topological polar surface area (TPSA) is 17.1 Å². The molecule has 90 valence electrons. The summed E-state index contributed by atoms with van der Waals surface area (Å²) in [7, 11) is 0. The molecule has 0 radical (unpaired) electrons. The van der Waals surface area contributed by atoms with E-state index >= 15 is 0 Å². The molecule has 4 rings (SSSR count). The number of fused-ring (bicyclic) bond motifs is 5. The van der Waals surface area contributed by atoms with Crippen molar-refractivity contribution in [3.8, 4) is 0 Å². The van der Waals surface area contributed by atoms with E-state index in [1.165, 1.54) is 30.6 Å². The van der Waals surface area contributed by atoms with Gasteiger partial charge in [0.2, 0.25) is 0 Å². The third kappa shape index (κ3) is 1.41. The number of carbonyl (C=O) groups excluding carboxylic acids is 1. The zero-order chi connectivity index (χ0) is 11.7. The molecule has 3 aliphatic carbocycles. The minimum absolute atomic E-state index is 0.254. The molecular weight excluding hydrogens is 275 g/mol. The first-order valence-electron chi connectivity index (χ1n) is 6.16. The summed E-state index contributed by atoms with van der Waals surface area (Å²) < 4.78 is 1.18. The molecule has 4 atom stereocenters. The van der Waals surface area contributed by atoms with Crippen LogP contribution in [0.4, 0.5) is 0 Å². The molecule has 1 heterocycles. The molecule has 3 saturated carbocycles. The maximum atomic E-state index is 12.4. The van der Waals surface area contributed by atoms with Crippen molar-refractivity contribution in [1.82, 2.24) is 0 Å². The smallest absolute Gasteiger partial charge is 0.168 e. The predicted molar refractivity (Wildman–Crippen MR) is 70.0 cm³/mol. The van der Waals surface area contributed by atoms with Gasteiger partial charge in [-0.2, -0.15) is 0 Å². The fourth-order valence-electron chi connectivity index (χ4n) is 4.36. The van der Waals surface area contributed by atoms with Crippen LogP contribution < -0.4 is 0 Å². The average Bonchev–Trinajstić information content (AvgIpc) is 2.59. The number of carbonyl (C=O) groups is 1. The van der Waals surface area contributed by atoms with Crippen molar-refractivity contribution in [3.63, 3.8) is 0 Å². The van der Waals surface area contributed by atoms with Gasteiger partial charge in [-0.1, -0.05) is 23.2 Å². The van der Waals surface area contributed by atoms with Crippen molar-refractivity contribution in [2.24, 2.45) is 29.6 Å². The molecule has 4 unspecified atom stereocenters. The Morgan fingerprint density at radius 2 is 1.88 bits per heavy atom. The SMILES string of the molecule is O=C(c1cc(Cl)sc1Cl)C1C2C3CCC(C3)C12. The van der Waals surface area contributed by atoms with Gasteiger partial charge < -0.3 is 0 Å². The van der Waals surface area contributed by atoms with Crippen LogP contribution in [0.2, 0.25) is 8.67 Å². The highest BCUT2D eigenvalue weighted by Gasteiger charge is 2.67. The summed E-state index contributed by atoms with van der Waals surface area (Å²) in [5, 5.41) is 0. The molecule has 0 saturated heterocycles. The second-order valence-electron chi connectivity index (χ2n) is 5.62. The van der Waals surface area contributed by atoms with E-state index in [4.69, 9.17) is 23.2 Å². The molecule has 4 heteroatoms. The van der Waals surface area contributed by atoms with Crippen LogP contribution in [0.5, 0.6) is 0 Å². The van der Waals surface area contributed by atoms with E-state index in [1.54, 1.807) is 6.07 Å². The molecule has 0 amide bonds. The van der Waals surface area contributed by atoms with E-state index in [1.807, 2.05) is 0 Å². The number of thiophene rings is 1. The van der Waals surface area contributed by atoms with E-state index in [-0.39, 0.29) is 11.7 Å². The van der Waals surface area contributed by atoms with Crippen LogP contribution in [0.3, 0.4) is 0 Å². The number of hydrogen-bond acceptors (Lipinski definition) is 2. The third-order valence-electron chi connectivity index (χ3n) is 4.96. The highest BCUT2D eigenvalue weighted by atomic mass is 35.5. The van der Waals surface area contributed by atoms with E-state index in [0.29, 0.717) is 26.1 Å². The highest BCUT2D eigenvalue weighted by molar-refractivity contribution is 7.20. The summed E-state index contributed by atoms with van der Waals surface area (Å²) in [6.07, 6.45) is 4.05. The van der Waals surface area contributed by atoms with E-state index in [2.05, 4.69) is 0 Å². The summed E-state index contributed by atoms with van der Waals surface area (Å²) in [4.78, 5) is 12.4. The summed E-state index contributed by atoms with van der Waals surface area (Å²) in [6, 6.07) is 1.74. The van der Waals surface area contributed by atoms with Gasteiger partial charge in [0.1, 0.15) is 4.34 Å². The normalized spacial score (nSPS) is 41.6. The average molecular weight is 287 g/mol. The predicted octanol–water partition coefficient (Wildman–Crippen LogP) is 4.53. The Morgan fingerprint density at radius 3 is 2.41 bits per heavy atom. The summed E-state index contributed by atoms with van der Waals surface area (Å²) >= 11 is 13.3. The molecule has 1 aromatic rings. The highest BCUT2D eigenvalue weighted by Crippen LogP contribution is 2.70. The van der Waals surface area contributed by atoms with Crippen molar-refractivity contribution in [1.29, 1.82) is 0 Å². The van der Waals surface area contributed by atoms with Crippen molar-refractivity contribution in [2.45, 2.75) is 19.3 Å². The molecule has 3 fully saturated rings. The van der Waals surface area contributed by atoms with Gasteiger partial charge in [-0.3, -0.25) is 4.79 Å². The second kappa shape index (κ2) is 3.49. The Kier molecular flexibility index (Phi) is 2.23. The molecule has 0 N–H and O–H groups in total. The number of Topliss-reactive ketones (excluding diaryl/α,β-unsaturated/α-hetero) is 1. The van der Waals surface area contributed by atoms with Gasteiger partial charge in [0, 0.05) is 11.5 Å². The Bertz CT molecular complexity index is 494. The lowest BCUT2D eigenvalue weighted by Gasteiger charge is -2.06. The Labute approximate surface area is 114 Å². The summed E-state index contributed by atoms with van der Waals surface area (Å²) in [5.74, 6) is 3.53. The Hall–Kier alpha value is -0.0500. The third-order valence-corrected chi connectivity index (χ3v) is 6.45. The molecule has 1 nitrogen and oxygen atoms in total. The zero-order valence-electron chi connectivity index (χ0n) is 9.16. The maximum absolute atomic E-state index is 12.4. The lowest BCUT2D eigenvalue weighted by molar-refractivity contribution is 0.0945. The van der Waals surface area contributed by atoms with Crippen LogP contribution in [0.25, 0.3) is 0 Å². The lowest BCUT2D eigenvalue weighted by Crippen LogP contribution is -2.09. The number of halogens is 2. The quantitative estimate of drug-likeness (QED) is 0.730. The molecule has 2 bridgehead atoms. The summed E-state index contributed by atoms with van der Waals surface area (Å²) in [5.41, 5.74) is 0.667. The van der Waals surface area contributed by atoms with E-state index in [0.717, 1.165) is 11.8 Å². The Balaban J connectivity index is 1.62. The van der Waals surface area contributed by atoms with Gasteiger partial charge in [0.05, 0.1) is 4.34 Å². The lowest BCUT2D eigenvalue weighted by atomic mass is 9.97. The first-order chi connectivity index (χ1) is 8.16. The second-order valence-corrected chi connectivity index (χ2v) is 7.90. The van der Waals surface area contributed by atoms with Crippen LogP contribution in [0.15, 0.2) is 6.07 Å². The standard InChI is InChI=1S/C13H12Cl2OS/c14-8-4-7(13(15)17-8)12(16)11-9-5-1-2-6(3-5)10(9)11/h4-6,9-11H,1-3H2. The zero-order valence-corrected chi connectivity index (χ0v) is 11.5. The van der Waals surface area contributed by atoms with Gasteiger partial charge in [-0.25, -0.2) is 0 Å². The van der Waals surface area contributed by atoms with Crippen LogP contribution in [0, 0.1) is 29.6 Å². The first kappa shape index (κ1) is 10.8. The van der Waals surface area contributed by atoms with Crippen LogP contribution in [-0.4, -0.2) is 5.78 Å². The van der Waals surface area contributed by atoms with E-state index in [9.17, 15) is 4.79 Å².